The van der Waals surface area contributed by atoms with Gasteiger partial charge in [-0.3, -0.25) is 0 Å². The first kappa shape index (κ1) is 13.2. The molecule has 84 valence electrons. The summed E-state index contributed by atoms with van der Waals surface area (Å²) in [5.41, 5.74) is 1.68. The first-order chi connectivity index (χ1) is 7.63. The zero-order valence-electron chi connectivity index (χ0n) is 8.59. The van der Waals surface area contributed by atoms with Gasteiger partial charge in [-0.15, -0.1) is 0 Å². The molecule has 0 aliphatic rings. The van der Waals surface area contributed by atoms with Crippen LogP contribution < -0.4 is 0 Å². The molecule has 0 aliphatic carbocycles. The Labute approximate surface area is 111 Å². The fourth-order valence-electron chi connectivity index (χ4n) is 1.20. The van der Waals surface area contributed by atoms with Crippen LogP contribution in [0.5, 0.6) is 0 Å². The Kier molecular flexibility index (Phi) is 4.97. The molecule has 0 atom stereocenters. The Hall–Kier alpha value is -0.860. The van der Waals surface area contributed by atoms with Crippen molar-refractivity contribution >= 4 is 37.8 Å². The van der Waals surface area contributed by atoms with Crippen LogP contribution in [0.25, 0.3) is 0 Å². The maximum atomic E-state index is 11.5. The Morgan fingerprint density at radius 2 is 2.25 bits per heavy atom. The molecule has 3 nitrogen and oxygen atoms in total. The van der Waals surface area contributed by atoms with Gasteiger partial charge in [-0.05, 0) is 40.5 Å². The van der Waals surface area contributed by atoms with Gasteiger partial charge in [0, 0.05) is 9.80 Å². The van der Waals surface area contributed by atoms with E-state index in [4.69, 9.17) is 10.00 Å². The molecule has 0 aromatic heterocycles. The minimum atomic E-state index is -0.409. The molecule has 16 heavy (non-hydrogen) atoms. The van der Waals surface area contributed by atoms with Gasteiger partial charge in [-0.25, -0.2) is 4.79 Å². The number of carbonyl (C=O) groups excluding carboxylic acids is 1. The Balaban J connectivity index is 3.23. The van der Waals surface area contributed by atoms with E-state index in [1.54, 1.807) is 13.0 Å². The number of hydrogen-bond donors (Lipinski definition) is 0. The lowest BCUT2D eigenvalue weighted by Crippen LogP contribution is -2.06. The zero-order valence-corrected chi connectivity index (χ0v) is 11.8. The summed E-state index contributed by atoms with van der Waals surface area (Å²) in [6.07, 6.45) is 0. The molecular weight excluding hydrogens is 338 g/mol. The number of ether oxygens (including phenoxy) is 1. The van der Waals surface area contributed by atoms with E-state index in [1.165, 1.54) is 6.07 Å². The normalized spacial score (nSPS) is 9.62. The predicted molar refractivity (Wildman–Crippen MR) is 67.4 cm³/mol. The average Bonchev–Trinajstić information content (AvgIpc) is 2.29. The van der Waals surface area contributed by atoms with Crippen molar-refractivity contribution in [3.63, 3.8) is 0 Å². The SMILES string of the molecule is CCOC(=O)c1cc(C#N)c(Br)c(CBr)c1. The molecule has 0 heterocycles. The van der Waals surface area contributed by atoms with Gasteiger partial charge in [0.15, 0.2) is 0 Å². The quantitative estimate of drug-likeness (QED) is 0.622. The zero-order chi connectivity index (χ0) is 12.1. The van der Waals surface area contributed by atoms with Gasteiger partial charge in [0.1, 0.15) is 6.07 Å². The third-order valence-electron chi connectivity index (χ3n) is 1.92. The number of halogens is 2. The summed E-state index contributed by atoms with van der Waals surface area (Å²) in [5.74, 6) is -0.409. The molecule has 0 saturated carbocycles. The van der Waals surface area contributed by atoms with Gasteiger partial charge < -0.3 is 4.74 Å². The Morgan fingerprint density at radius 3 is 2.75 bits per heavy atom. The number of nitrogens with zero attached hydrogens (tertiary/aromatic N) is 1. The van der Waals surface area contributed by atoms with Crippen molar-refractivity contribution < 1.29 is 9.53 Å². The van der Waals surface area contributed by atoms with Crippen molar-refractivity contribution in [1.82, 2.24) is 0 Å². The van der Waals surface area contributed by atoms with E-state index in [1.807, 2.05) is 6.07 Å². The summed E-state index contributed by atoms with van der Waals surface area (Å²) in [4.78, 5) is 11.5. The van der Waals surface area contributed by atoms with Crippen LogP contribution in [0.2, 0.25) is 0 Å². The number of esters is 1. The Morgan fingerprint density at radius 1 is 1.56 bits per heavy atom. The smallest absolute Gasteiger partial charge is 0.338 e. The summed E-state index contributed by atoms with van der Waals surface area (Å²) in [6, 6.07) is 5.26. The standard InChI is InChI=1S/C11H9Br2NO2/c1-2-16-11(15)7-3-8(5-12)10(13)9(4-7)6-14/h3-4H,2,5H2,1H3. The highest BCUT2D eigenvalue weighted by Gasteiger charge is 2.13. The van der Waals surface area contributed by atoms with Crippen LogP contribution in [0.1, 0.15) is 28.4 Å². The molecule has 0 unspecified atom stereocenters. The topological polar surface area (TPSA) is 50.1 Å². The summed E-state index contributed by atoms with van der Waals surface area (Å²) in [7, 11) is 0. The second-order valence-corrected chi connectivity index (χ2v) is 4.32. The number of nitriles is 1. The van der Waals surface area contributed by atoms with Crippen molar-refractivity contribution in [3.05, 3.63) is 33.3 Å². The first-order valence-electron chi connectivity index (χ1n) is 4.59. The number of rotatable bonds is 3. The highest BCUT2D eigenvalue weighted by molar-refractivity contribution is 9.10. The van der Waals surface area contributed by atoms with Crippen LogP contribution in [0.15, 0.2) is 16.6 Å². The summed E-state index contributed by atoms with van der Waals surface area (Å²) < 4.78 is 5.60. The molecule has 1 aromatic rings. The molecule has 0 N–H and O–H groups in total. The fraction of sp³-hybridized carbons (Fsp3) is 0.273. The summed E-state index contributed by atoms with van der Waals surface area (Å²) in [6.45, 7) is 2.06. The van der Waals surface area contributed by atoms with Crippen LogP contribution in [0, 0.1) is 11.3 Å². The maximum absolute atomic E-state index is 11.5. The van der Waals surface area contributed by atoms with E-state index in [9.17, 15) is 4.79 Å². The van der Waals surface area contributed by atoms with E-state index in [0.29, 0.717) is 27.5 Å². The van der Waals surface area contributed by atoms with Crippen molar-refractivity contribution in [2.75, 3.05) is 6.61 Å². The Bertz CT molecular complexity index is 452. The first-order valence-corrected chi connectivity index (χ1v) is 6.51. The molecule has 0 radical (unpaired) electrons. The van der Waals surface area contributed by atoms with Crippen molar-refractivity contribution in [1.29, 1.82) is 5.26 Å². The highest BCUT2D eigenvalue weighted by Crippen LogP contribution is 2.25. The maximum Gasteiger partial charge on any atom is 0.338 e. The summed E-state index contributed by atoms with van der Waals surface area (Å²) in [5, 5.41) is 9.49. The van der Waals surface area contributed by atoms with Gasteiger partial charge >= 0.3 is 5.97 Å². The van der Waals surface area contributed by atoms with Crippen LogP contribution in [-0.4, -0.2) is 12.6 Å². The predicted octanol–water partition coefficient (Wildman–Crippen LogP) is 3.39. The minimum Gasteiger partial charge on any atom is -0.462 e. The molecule has 0 aliphatic heterocycles. The lowest BCUT2D eigenvalue weighted by molar-refractivity contribution is 0.0526. The van der Waals surface area contributed by atoms with Crippen LogP contribution >= 0.6 is 31.9 Å². The van der Waals surface area contributed by atoms with E-state index in [0.717, 1.165) is 5.56 Å². The van der Waals surface area contributed by atoms with Crippen molar-refractivity contribution in [2.45, 2.75) is 12.3 Å². The van der Waals surface area contributed by atoms with E-state index >= 15 is 0 Å². The molecular formula is C11H9Br2NO2. The van der Waals surface area contributed by atoms with Gasteiger partial charge in [-0.2, -0.15) is 5.26 Å². The van der Waals surface area contributed by atoms with E-state index in [-0.39, 0.29) is 0 Å². The second kappa shape index (κ2) is 6.02. The van der Waals surface area contributed by atoms with Crippen molar-refractivity contribution in [2.24, 2.45) is 0 Å². The van der Waals surface area contributed by atoms with E-state index < -0.39 is 5.97 Å². The molecule has 0 amide bonds. The van der Waals surface area contributed by atoms with Crippen LogP contribution in [-0.2, 0) is 10.1 Å². The van der Waals surface area contributed by atoms with Gasteiger partial charge in [0.25, 0.3) is 0 Å². The van der Waals surface area contributed by atoms with Crippen LogP contribution in [0.4, 0.5) is 0 Å². The van der Waals surface area contributed by atoms with Crippen molar-refractivity contribution in [3.8, 4) is 6.07 Å². The second-order valence-electron chi connectivity index (χ2n) is 2.96. The summed E-state index contributed by atoms with van der Waals surface area (Å²) >= 11 is 6.62. The minimum absolute atomic E-state index is 0.320. The molecule has 0 spiro atoms. The number of hydrogen-bond acceptors (Lipinski definition) is 3. The number of alkyl halides is 1. The van der Waals surface area contributed by atoms with E-state index in [2.05, 4.69) is 31.9 Å². The monoisotopic (exact) mass is 345 g/mol. The fourth-order valence-corrected chi connectivity index (χ4v) is 2.47. The van der Waals surface area contributed by atoms with Gasteiger partial charge in [0.2, 0.25) is 0 Å². The third-order valence-corrected chi connectivity index (χ3v) is 3.46. The largest absolute Gasteiger partial charge is 0.462 e. The molecule has 0 saturated heterocycles. The number of benzene rings is 1. The molecule has 0 fully saturated rings. The molecule has 0 bridgehead atoms. The third kappa shape index (κ3) is 2.83. The average molecular weight is 347 g/mol. The van der Waals surface area contributed by atoms with Gasteiger partial charge in [-0.1, -0.05) is 15.9 Å². The molecule has 1 rings (SSSR count). The lowest BCUT2D eigenvalue weighted by Gasteiger charge is -2.07. The number of carbonyl (C=O) groups is 1. The molecule has 1 aromatic carbocycles. The van der Waals surface area contributed by atoms with Gasteiger partial charge in [0.05, 0.1) is 17.7 Å². The molecule has 5 heteroatoms. The highest BCUT2D eigenvalue weighted by atomic mass is 79.9. The van der Waals surface area contributed by atoms with Crippen LogP contribution in [0.3, 0.4) is 0 Å². The lowest BCUT2D eigenvalue weighted by atomic mass is 10.1.